The zero-order valence-corrected chi connectivity index (χ0v) is 12.8. The van der Waals surface area contributed by atoms with Crippen LogP contribution in [-0.2, 0) is 4.79 Å². The molecular weight excluding hydrogens is 359 g/mol. The minimum Gasteiger partial charge on any atom is -0.507 e. The number of benzene rings is 1. The van der Waals surface area contributed by atoms with E-state index in [0.29, 0.717) is 31.7 Å². The van der Waals surface area contributed by atoms with E-state index in [1.165, 1.54) is 13.0 Å². The van der Waals surface area contributed by atoms with E-state index in [2.05, 4.69) is 0 Å². The van der Waals surface area contributed by atoms with Gasteiger partial charge >= 0.3 is 0 Å². The van der Waals surface area contributed by atoms with Gasteiger partial charge in [-0.05, 0) is 40.8 Å². The van der Waals surface area contributed by atoms with Crippen molar-refractivity contribution < 1.29 is 14.7 Å². The van der Waals surface area contributed by atoms with Crippen LogP contribution in [-0.4, -0.2) is 52.9 Å². The quantitative estimate of drug-likeness (QED) is 0.754. The Morgan fingerprint density at radius 3 is 2.26 bits per heavy atom. The van der Waals surface area contributed by atoms with Crippen molar-refractivity contribution in [3.05, 3.63) is 27.3 Å². The van der Waals surface area contributed by atoms with E-state index in [1.54, 1.807) is 21.9 Å². The van der Waals surface area contributed by atoms with Gasteiger partial charge in [0.25, 0.3) is 5.91 Å². The first kappa shape index (κ1) is 14.1. The Kier molecular flexibility index (Phi) is 4.28. The van der Waals surface area contributed by atoms with Crippen LogP contribution in [0.2, 0.25) is 0 Å². The lowest BCUT2D eigenvalue weighted by Crippen LogP contribution is -2.50. The van der Waals surface area contributed by atoms with Crippen LogP contribution in [0.25, 0.3) is 0 Å². The summed E-state index contributed by atoms with van der Waals surface area (Å²) < 4.78 is 0.718. The van der Waals surface area contributed by atoms with E-state index >= 15 is 0 Å². The van der Waals surface area contributed by atoms with E-state index in [-0.39, 0.29) is 17.6 Å². The number of piperazine rings is 1. The second-order valence-corrected chi connectivity index (χ2v) is 5.63. The lowest BCUT2D eigenvalue weighted by Gasteiger charge is -2.34. The molecule has 1 aromatic rings. The molecule has 2 amide bonds. The SMILES string of the molecule is CC(=O)N1CCN(C(=O)c2ccc(I)c(O)c2)CC1. The summed E-state index contributed by atoms with van der Waals surface area (Å²) in [6, 6.07) is 4.91. The smallest absolute Gasteiger partial charge is 0.254 e. The molecule has 0 spiro atoms. The van der Waals surface area contributed by atoms with Gasteiger partial charge in [-0.25, -0.2) is 0 Å². The van der Waals surface area contributed by atoms with Gasteiger partial charge < -0.3 is 14.9 Å². The van der Waals surface area contributed by atoms with Crippen LogP contribution in [0.5, 0.6) is 5.75 Å². The maximum Gasteiger partial charge on any atom is 0.254 e. The molecule has 1 aliphatic rings. The van der Waals surface area contributed by atoms with Crippen LogP contribution in [0.3, 0.4) is 0 Å². The molecule has 1 heterocycles. The third-order valence-corrected chi connectivity index (χ3v) is 4.12. The third-order valence-electron chi connectivity index (χ3n) is 3.21. The minimum atomic E-state index is -0.102. The summed E-state index contributed by atoms with van der Waals surface area (Å²) in [7, 11) is 0. The highest BCUT2D eigenvalue weighted by Gasteiger charge is 2.23. The number of phenols is 1. The highest BCUT2D eigenvalue weighted by atomic mass is 127. The Hall–Kier alpha value is -1.31. The molecule has 5 nitrogen and oxygen atoms in total. The van der Waals surface area contributed by atoms with Crippen LogP contribution in [0.1, 0.15) is 17.3 Å². The molecule has 0 bridgehead atoms. The molecule has 19 heavy (non-hydrogen) atoms. The van der Waals surface area contributed by atoms with Crippen molar-refractivity contribution in [3.8, 4) is 5.75 Å². The Morgan fingerprint density at radius 1 is 1.16 bits per heavy atom. The Bertz CT molecular complexity index is 511. The Morgan fingerprint density at radius 2 is 1.74 bits per heavy atom. The van der Waals surface area contributed by atoms with Crippen LogP contribution >= 0.6 is 22.6 Å². The standard InChI is InChI=1S/C13H15IN2O3/c1-9(17)15-4-6-16(7-5-15)13(19)10-2-3-11(14)12(18)8-10/h2-3,8,18H,4-7H2,1H3. The van der Waals surface area contributed by atoms with Gasteiger partial charge in [-0.2, -0.15) is 0 Å². The molecule has 1 saturated heterocycles. The molecule has 1 aromatic carbocycles. The summed E-state index contributed by atoms with van der Waals surface area (Å²) in [6.07, 6.45) is 0. The largest absolute Gasteiger partial charge is 0.507 e. The normalized spacial score (nSPS) is 15.5. The fourth-order valence-electron chi connectivity index (χ4n) is 2.05. The fourth-order valence-corrected chi connectivity index (χ4v) is 2.39. The molecule has 0 unspecified atom stereocenters. The number of halogens is 1. The molecule has 102 valence electrons. The van der Waals surface area contributed by atoms with Crippen molar-refractivity contribution in [1.29, 1.82) is 0 Å². The van der Waals surface area contributed by atoms with Crippen LogP contribution in [0.15, 0.2) is 18.2 Å². The minimum absolute atomic E-state index is 0.0407. The molecule has 0 aromatic heterocycles. The first-order valence-electron chi connectivity index (χ1n) is 6.02. The molecule has 1 aliphatic heterocycles. The molecule has 0 atom stereocenters. The highest BCUT2D eigenvalue weighted by molar-refractivity contribution is 14.1. The third kappa shape index (κ3) is 3.17. The van der Waals surface area contributed by atoms with E-state index in [9.17, 15) is 14.7 Å². The molecule has 2 rings (SSSR count). The van der Waals surface area contributed by atoms with Crippen molar-refractivity contribution in [2.24, 2.45) is 0 Å². The second kappa shape index (κ2) is 5.77. The van der Waals surface area contributed by atoms with Crippen molar-refractivity contribution in [1.82, 2.24) is 9.80 Å². The number of amides is 2. The fraction of sp³-hybridized carbons (Fsp3) is 0.385. The first-order chi connectivity index (χ1) is 8.99. The molecule has 0 aliphatic carbocycles. The number of nitrogens with zero attached hydrogens (tertiary/aromatic N) is 2. The van der Waals surface area contributed by atoms with Gasteiger partial charge in [-0.1, -0.05) is 0 Å². The number of rotatable bonds is 1. The van der Waals surface area contributed by atoms with Gasteiger partial charge in [-0.15, -0.1) is 0 Å². The van der Waals surface area contributed by atoms with Crippen LogP contribution in [0.4, 0.5) is 0 Å². The zero-order valence-electron chi connectivity index (χ0n) is 10.6. The van der Waals surface area contributed by atoms with Gasteiger partial charge in [0.1, 0.15) is 5.75 Å². The summed E-state index contributed by atoms with van der Waals surface area (Å²) >= 11 is 2.01. The topological polar surface area (TPSA) is 60.9 Å². The highest BCUT2D eigenvalue weighted by Crippen LogP contribution is 2.21. The number of hydrogen-bond donors (Lipinski definition) is 1. The van der Waals surface area contributed by atoms with Crippen molar-refractivity contribution >= 4 is 34.4 Å². The summed E-state index contributed by atoms with van der Waals surface area (Å²) in [4.78, 5) is 26.9. The van der Waals surface area contributed by atoms with Gasteiger partial charge in [0.15, 0.2) is 0 Å². The van der Waals surface area contributed by atoms with Gasteiger partial charge in [0.2, 0.25) is 5.91 Å². The predicted octanol–water partition coefficient (Wildman–Crippen LogP) is 1.30. The van der Waals surface area contributed by atoms with Gasteiger partial charge in [0, 0.05) is 38.7 Å². The van der Waals surface area contributed by atoms with Crippen molar-refractivity contribution in [2.45, 2.75) is 6.92 Å². The predicted molar refractivity (Wildman–Crippen MR) is 79.0 cm³/mol. The lowest BCUT2D eigenvalue weighted by atomic mass is 10.1. The summed E-state index contributed by atoms with van der Waals surface area (Å²) in [6.45, 7) is 3.74. The molecular formula is C13H15IN2O3. The molecule has 6 heteroatoms. The zero-order chi connectivity index (χ0) is 14.0. The Labute approximate surface area is 125 Å². The Balaban J connectivity index is 2.05. The lowest BCUT2D eigenvalue weighted by molar-refractivity contribution is -0.130. The summed E-state index contributed by atoms with van der Waals surface area (Å²) in [5.41, 5.74) is 0.481. The molecule has 1 fully saturated rings. The molecule has 1 N–H and O–H groups in total. The monoisotopic (exact) mass is 374 g/mol. The van der Waals surface area contributed by atoms with Crippen molar-refractivity contribution in [2.75, 3.05) is 26.2 Å². The summed E-state index contributed by atoms with van der Waals surface area (Å²) in [5.74, 6) is 0.0581. The second-order valence-electron chi connectivity index (χ2n) is 4.46. The van der Waals surface area contributed by atoms with Crippen molar-refractivity contribution in [3.63, 3.8) is 0 Å². The van der Waals surface area contributed by atoms with Crippen LogP contribution < -0.4 is 0 Å². The number of carbonyl (C=O) groups excluding carboxylic acids is 2. The van der Waals surface area contributed by atoms with Crippen LogP contribution in [0, 0.1) is 3.57 Å². The average Bonchev–Trinajstić information content (AvgIpc) is 2.41. The number of hydrogen-bond acceptors (Lipinski definition) is 3. The maximum absolute atomic E-state index is 12.2. The molecule has 0 radical (unpaired) electrons. The number of carbonyl (C=O) groups is 2. The number of phenolic OH excluding ortho intramolecular Hbond substituents is 1. The van der Waals surface area contributed by atoms with E-state index in [4.69, 9.17) is 0 Å². The van der Waals surface area contributed by atoms with E-state index < -0.39 is 0 Å². The maximum atomic E-state index is 12.2. The van der Waals surface area contributed by atoms with E-state index in [0.717, 1.165) is 3.57 Å². The van der Waals surface area contributed by atoms with Gasteiger partial charge in [0.05, 0.1) is 3.57 Å². The van der Waals surface area contributed by atoms with E-state index in [1.807, 2.05) is 22.6 Å². The number of aromatic hydroxyl groups is 1. The average molecular weight is 374 g/mol. The first-order valence-corrected chi connectivity index (χ1v) is 7.10. The van der Waals surface area contributed by atoms with Gasteiger partial charge in [-0.3, -0.25) is 9.59 Å². The summed E-state index contributed by atoms with van der Waals surface area (Å²) in [5, 5.41) is 9.63. The molecule has 0 saturated carbocycles.